The van der Waals surface area contributed by atoms with Crippen LogP contribution < -0.4 is 5.14 Å². The molecule has 0 heterocycles. The lowest BCUT2D eigenvalue weighted by Gasteiger charge is -1.99. The van der Waals surface area contributed by atoms with Crippen LogP contribution in [0.3, 0.4) is 0 Å². The van der Waals surface area contributed by atoms with E-state index in [0.717, 1.165) is 0 Å². The van der Waals surface area contributed by atoms with Gasteiger partial charge in [-0.25, -0.2) is 18.4 Å². The van der Waals surface area contributed by atoms with Crippen molar-refractivity contribution in [3.05, 3.63) is 35.4 Å². The number of hydrogen-bond donors (Lipinski definition) is 2. The number of nitrogens with two attached hydrogens (primary N) is 1. The first-order valence-corrected chi connectivity index (χ1v) is 5.90. The second-order valence-corrected chi connectivity index (χ2v) is 4.81. The maximum absolute atomic E-state index is 10.9. The zero-order chi connectivity index (χ0) is 12.3. The number of benzene rings is 1. The second kappa shape index (κ2) is 4.46. The molecule has 6 heteroatoms. The Hall–Kier alpha value is -1.66. The van der Waals surface area contributed by atoms with Crippen LogP contribution in [-0.2, 0) is 14.8 Å². The average molecular weight is 241 g/mol. The fraction of sp³-hybridized carbons (Fsp3) is 0.100. The quantitative estimate of drug-likeness (QED) is 0.765. The van der Waals surface area contributed by atoms with Gasteiger partial charge in [-0.1, -0.05) is 12.1 Å². The molecule has 0 aliphatic rings. The van der Waals surface area contributed by atoms with E-state index in [0.29, 0.717) is 5.56 Å². The van der Waals surface area contributed by atoms with Gasteiger partial charge in [0.2, 0.25) is 10.0 Å². The van der Waals surface area contributed by atoms with Crippen LogP contribution >= 0.6 is 0 Å². The molecule has 3 N–H and O–H groups in total. The summed E-state index contributed by atoms with van der Waals surface area (Å²) in [6.07, 6.45) is 1.44. The molecule has 1 aromatic rings. The molecule has 1 rings (SSSR count). The Labute approximate surface area is 93.3 Å². The third kappa shape index (κ3) is 3.18. The van der Waals surface area contributed by atoms with Crippen LogP contribution in [0.25, 0.3) is 6.08 Å². The van der Waals surface area contributed by atoms with Crippen molar-refractivity contribution < 1.29 is 18.3 Å². The van der Waals surface area contributed by atoms with Crippen molar-refractivity contribution >= 4 is 22.1 Å². The lowest BCUT2D eigenvalue weighted by Crippen LogP contribution is -2.11. The molecule has 0 atom stereocenters. The molecule has 86 valence electrons. The summed E-state index contributed by atoms with van der Waals surface area (Å²) in [7, 11) is -3.70. The summed E-state index contributed by atoms with van der Waals surface area (Å²) in [6.45, 7) is 1.45. The zero-order valence-corrected chi connectivity index (χ0v) is 9.36. The standard InChI is InChI=1S/C10H11NO4S/c1-7(10(12)13)6-8-2-4-9(5-3-8)16(11,14)15/h2-6H,1H3,(H,12,13)(H2,11,14,15). The van der Waals surface area contributed by atoms with Crippen molar-refractivity contribution in [2.45, 2.75) is 11.8 Å². The Morgan fingerprint density at radius 3 is 2.19 bits per heavy atom. The van der Waals surface area contributed by atoms with Crippen LogP contribution in [-0.4, -0.2) is 19.5 Å². The molecule has 0 bridgehead atoms. The van der Waals surface area contributed by atoms with Gasteiger partial charge in [0.25, 0.3) is 0 Å². The van der Waals surface area contributed by atoms with Crippen LogP contribution in [0.2, 0.25) is 0 Å². The van der Waals surface area contributed by atoms with Gasteiger partial charge in [-0.2, -0.15) is 0 Å². The number of aliphatic carboxylic acids is 1. The first kappa shape index (κ1) is 12.4. The molecule has 0 spiro atoms. The van der Waals surface area contributed by atoms with Crippen molar-refractivity contribution in [1.82, 2.24) is 0 Å². The van der Waals surface area contributed by atoms with Crippen LogP contribution in [0.5, 0.6) is 0 Å². The fourth-order valence-electron chi connectivity index (χ4n) is 1.07. The minimum Gasteiger partial charge on any atom is -0.478 e. The summed E-state index contributed by atoms with van der Waals surface area (Å²) < 4.78 is 21.9. The van der Waals surface area contributed by atoms with E-state index in [1.807, 2.05) is 0 Å². The molecule has 0 saturated carbocycles. The largest absolute Gasteiger partial charge is 0.478 e. The Bertz CT molecular complexity index is 528. The Kier molecular flexibility index (Phi) is 3.46. The molecule has 0 saturated heterocycles. The molecule has 0 aliphatic heterocycles. The van der Waals surface area contributed by atoms with E-state index in [-0.39, 0.29) is 10.5 Å². The topological polar surface area (TPSA) is 97.5 Å². The smallest absolute Gasteiger partial charge is 0.331 e. The molecule has 0 radical (unpaired) electrons. The SMILES string of the molecule is CC(=Cc1ccc(S(N)(=O)=O)cc1)C(=O)O. The molecule has 16 heavy (non-hydrogen) atoms. The van der Waals surface area contributed by atoms with E-state index in [1.165, 1.54) is 37.3 Å². The minimum atomic E-state index is -3.70. The Morgan fingerprint density at radius 1 is 1.31 bits per heavy atom. The van der Waals surface area contributed by atoms with E-state index in [1.54, 1.807) is 0 Å². The number of rotatable bonds is 3. The van der Waals surface area contributed by atoms with Gasteiger partial charge < -0.3 is 5.11 Å². The fourth-order valence-corrected chi connectivity index (χ4v) is 1.58. The maximum Gasteiger partial charge on any atom is 0.331 e. The maximum atomic E-state index is 10.9. The van der Waals surface area contributed by atoms with E-state index in [9.17, 15) is 13.2 Å². The average Bonchev–Trinajstić information content (AvgIpc) is 2.17. The number of carbonyl (C=O) groups is 1. The van der Waals surface area contributed by atoms with Crippen molar-refractivity contribution in [2.75, 3.05) is 0 Å². The van der Waals surface area contributed by atoms with Crippen molar-refractivity contribution in [2.24, 2.45) is 5.14 Å². The third-order valence-corrected chi connectivity index (χ3v) is 2.86. The van der Waals surface area contributed by atoms with Gasteiger partial charge in [0.05, 0.1) is 4.90 Å². The highest BCUT2D eigenvalue weighted by molar-refractivity contribution is 7.89. The number of primary sulfonamides is 1. The summed E-state index contributed by atoms with van der Waals surface area (Å²) >= 11 is 0. The summed E-state index contributed by atoms with van der Waals surface area (Å²) in [5.41, 5.74) is 0.774. The lowest BCUT2D eigenvalue weighted by atomic mass is 10.1. The van der Waals surface area contributed by atoms with Gasteiger partial charge >= 0.3 is 5.97 Å². The summed E-state index contributed by atoms with van der Waals surface area (Å²) in [4.78, 5) is 10.5. The molecular formula is C10H11NO4S. The van der Waals surface area contributed by atoms with Gasteiger partial charge in [-0.05, 0) is 30.7 Å². The summed E-state index contributed by atoms with van der Waals surface area (Å²) in [6, 6.07) is 5.64. The highest BCUT2D eigenvalue weighted by atomic mass is 32.2. The lowest BCUT2D eigenvalue weighted by molar-refractivity contribution is -0.132. The van der Waals surface area contributed by atoms with Gasteiger partial charge in [0, 0.05) is 5.57 Å². The predicted octanol–water partition coefficient (Wildman–Crippen LogP) is 0.822. The van der Waals surface area contributed by atoms with Gasteiger partial charge in [-0.15, -0.1) is 0 Å². The van der Waals surface area contributed by atoms with Gasteiger partial charge in [0.1, 0.15) is 0 Å². The molecule has 0 amide bonds. The van der Waals surface area contributed by atoms with Crippen LogP contribution in [0.15, 0.2) is 34.7 Å². The normalized spacial score (nSPS) is 12.5. The molecular weight excluding hydrogens is 230 g/mol. The Balaban J connectivity index is 3.06. The van der Waals surface area contributed by atoms with Crippen molar-refractivity contribution in [1.29, 1.82) is 0 Å². The van der Waals surface area contributed by atoms with Crippen molar-refractivity contribution in [3.8, 4) is 0 Å². The first-order valence-electron chi connectivity index (χ1n) is 4.35. The van der Waals surface area contributed by atoms with E-state index in [2.05, 4.69) is 0 Å². The molecule has 1 aromatic carbocycles. The molecule has 0 aromatic heterocycles. The minimum absolute atomic E-state index is 0.00220. The molecule has 0 aliphatic carbocycles. The van der Waals surface area contributed by atoms with E-state index >= 15 is 0 Å². The molecule has 0 fully saturated rings. The van der Waals surface area contributed by atoms with Crippen molar-refractivity contribution in [3.63, 3.8) is 0 Å². The highest BCUT2D eigenvalue weighted by Gasteiger charge is 2.06. The van der Waals surface area contributed by atoms with Gasteiger partial charge in [0.15, 0.2) is 0 Å². The monoisotopic (exact) mass is 241 g/mol. The number of hydrogen-bond acceptors (Lipinski definition) is 3. The number of carboxylic acid groups (broad SMARTS) is 1. The van der Waals surface area contributed by atoms with E-state index < -0.39 is 16.0 Å². The summed E-state index contributed by atoms with van der Waals surface area (Å²) in [5, 5.41) is 13.6. The highest BCUT2D eigenvalue weighted by Crippen LogP contribution is 2.11. The third-order valence-electron chi connectivity index (χ3n) is 1.93. The summed E-state index contributed by atoms with van der Waals surface area (Å²) in [5.74, 6) is -1.02. The Morgan fingerprint density at radius 2 is 1.81 bits per heavy atom. The zero-order valence-electron chi connectivity index (χ0n) is 8.54. The van der Waals surface area contributed by atoms with Crippen LogP contribution in [0.4, 0.5) is 0 Å². The van der Waals surface area contributed by atoms with Gasteiger partial charge in [-0.3, -0.25) is 0 Å². The molecule has 0 unspecified atom stereocenters. The predicted molar refractivity (Wildman–Crippen MR) is 59.1 cm³/mol. The second-order valence-electron chi connectivity index (χ2n) is 3.25. The van der Waals surface area contributed by atoms with E-state index in [4.69, 9.17) is 10.2 Å². The molecule has 5 nitrogen and oxygen atoms in total. The van der Waals surface area contributed by atoms with Crippen LogP contribution in [0, 0.1) is 0 Å². The van der Waals surface area contributed by atoms with Crippen LogP contribution in [0.1, 0.15) is 12.5 Å². The number of sulfonamides is 1. The number of carboxylic acids is 1. The first-order chi connectivity index (χ1) is 7.30.